The molecule has 1 fully saturated rings. The van der Waals surface area contributed by atoms with Crippen LogP contribution in [0.1, 0.15) is 27.9 Å². The molecule has 2 aromatic carbocycles. The van der Waals surface area contributed by atoms with Crippen molar-refractivity contribution in [1.29, 1.82) is 0 Å². The third kappa shape index (κ3) is 6.22. The molecule has 3 amide bonds. The molecule has 9 heteroatoms. The van der Waals surface area contributed by atoms with Crippen LogP contribution in [0, 0.1) is 6.92 Å². The normalized spacial score (nSPS) is 21.3. The fourth-order valence-electron chi connectivity index (χ4n) is 4.44. The molecule has 0 spiro atoms. The molecule has 4 rings (SSSR count). The van der Waals surface area contributed by atoms with Crippen molar-refractivity contribution in [3.8, 4) is 11.5 Å². The smallest absolute Gasteiger partial charge is 0.254 e. The zero-order chi connectivity index (χ0) is 25.8. The lowest BCUT2D eigenvalue weighted by atomic mass is 10.0. The van der Waals surface area contributed by atoms with Gasteiger partial charge in [-0.3, -0.25) is 19.3 Å². The number of hydrogen-bond acceptors (Lipinski definition) is 6. The van der Waals surface area contributed by atoms with Gasteiger partial charge in [0.05, 0.1) is 31.8 Å². The number of hydrogen-bond donors (Lipinski definition) is 1. The number of amides is 3. The van der Waals surface area contributed by atoms with Crippen molar-refractivity contribution >= 4 is 17.7 Å². The third-order valence-corrected chi connectivity index (χ3v) is 6.59. The molecule has 36 heavy (non-hydrogen) atoms. The van der Waals surface area contributed by atoms with Crippen LogP contribution in [0.2, 0.25) is 0 Å². The number of fused-ring (bicyclic) bond motifs is 5. The highest BCUT2D eigenvalue weighted by molar-refractivity contribution is 5.96. The van der Waals surface area contributed by atoms with Crippen molar-refractivity contribution in [3.63, 3.8) is 0 Å². The molecule has 2 aromatic rings. The van der Waals surface area contributed by atoms with Crippen molar-refractivity contribution in [1.82, 2.24) is 20.0 Å². The van der Waals surface area contributed by atoms with Crippen molar-refractivity contribution < 1.29 is 23.9 Å². The summed E-state index contributed by atoms with van der Waals surface area (Å²) in [7, 11) is 5.06. The Bertz CT molecular complexity index is 1130. The molecule has 192 valence electrons. The van der Waals surface area contributed by atoms with E-state index in [0.717, 1.165) is 11.1 Å². The molecule has 4 bridgehead atoms. The second-order valence-corrected chi connectivity index (χ2v) is 9.73. The number of nitrogens with one attached hydrogen (secondary N) is 1. The lowest BCUT2D eigenvalue weighted by Gasteiger charge is -2.39. The highest BCUT2D eigenvalue weighted by Crippen LogP contribution is 2.28. The van der Waals surface area contributed by atoms with Crippen LogP contribution >= 0.6 is 0 Å². The Morgan fingerprint density at radius 1 is 1.17 bits per heavy atom. The van der Waals surface area contributed by atoms with Gasteiger partial charge in [-0.05, 0) is 48.7 Å². The standard InChI is InChI=1S/C27H34N4O5/c1-18-8-9-20-13-24(18)36-21-7-5-6-19(12-21)17-35-23-10-11-31(16-26(33)29(2)3)14-22(23)28-25(32)15-30(4)27(20)34/h5-9,12-13,22-23H,10-11,14-17H2,1-4H3,(H,28,32)/t22-,23+/m0/s1. The van der Waals surface area contributed by atoms with Crippen LogP contribution in [0.5, 0.6) is 11.5 Å². The highest BCUT2D eigenvalue weighted by Gasteiger charge is 2.32. The highest BCUT2D eigenvalue weighted by atomic mass is 16.5. The predicted octanol–water partition coefficient (Wildman–Crippen LogP) is 2.04. The quantitative estimate of drug-likeness (QED) is 0.687. The number of nitrogens with zero attached hydrogens (tertiary/aromatic N) is 3. The van der Waals surface area contributed by atoms with Gasteiger partial charge in [0.25, 0.3) is 5.91 Å². The maximum atomic E-state index is 13.1. The van der Waals surface area contributed by atoms with E-state index < -0.39 is 0 Å². The Labute approximate surface area is 211 Å². The van der Waals surface area contributed by atoms with Gasteiger partial charge >= 0.3 is 0 Å². The number of carbonyl (C=O) groups is 3. The lowest BCUT2D eigenvalue weighted by Crippen LogP contribution is -2.58. The predicted molar refractivity (Wildman–Crippen MR) is 135 cm³/mol. The molecule has 9 nitrogen and oxygen atoms in total. The number of rotatable bonds is 2. The molecule has 0 unspecified atom stereocenters. The summed E-state index contributed by atoms with van der Waals surface area (Å²) in [5, 5.41) is 3.06. The Morgan fingerprint density at radius 2 is 1.97 bits per heavy atom. The van der Waals surface area contributed by atoms with Gasteiger partial charge in [-0.2, -0.15) is 0 Å². The summed E-state index contributed by atoms with van der Waals surface area (Å²) in [6, 6.07) is 12.6. The van der Waals surface area contributed by atoms with Crippen LogP contribution in [-0.4, -0.2) is 91.9 Å². The number of likely N-dealkylation sites (tertiary alicyclic amines) is 1. The van der Waals surface area contributed by atoms with E-state index in [1.54, 1.807) is 38.2 Å². The monoisotopic (exact) mass is 494 g/mol. The number of likely N-dealkylation sites (N-methyl/N-ethyl adjacent to an activating group) is 2. The maximum Gasteiger partial charge on any atom is 0.254 e. The molecule has 0 aliphatic carbocycles. The van der Waals surface area contributed by atoms with Crippen LogP contribution < -0.4 is 10.1 Å². The summed E-state index contributed by atoms with van der Waals surface area (Å²) in [5.74, 6) is 0.705. The molecule has 0 saturated carbocycles. The Balaban J connectivity index is 1.60. The Kier molecular flexibility index (Phi) is 7.91. The fraction of sp³-hybridized carbons (Fsp3) is 0.444. The van der Waals surface area contributed by atoms with Gasteiger partial charge in [-0.25, -0.2) is 0 Å². The van der Waals surface area contributed by atoms with Gasteiger partial charge in [0.15, 0.2) is 0 Å². The minimum Gasteiger partial charge on any atom is -0.457 e. The van der Waals surface area contributed by atoms with E-state index in [0.29, 0.717) is 43.2 Å². The summed E-state index contributed by atoms with van der Waals surface area (Å²) in [5.41, 5.74) is 2.29. The SMILES string of the molecule is Cc1ccc2cc1Oc1cccc(c1)CO[C@@H]1CCN(CC(=O)N(C)C)C[C@@H]1NC(=O)CN(C)C2=O. The first kappa shape index (κ1) is 25.7. The molecule has 0 aromatic heterocycles. The molecular formula is C27H34N4O5. The molecule has 1 N–H and O–H groups in total. The number of benzene rings is 2. The van der Waals surface area contributed by atoms with E-state index in [1.165, 1.54) is 4.90 Å². The zero-order valence-corrected chi connectivity index (χ0v) is 21.3. The zero-order valence-electron chi connectivity index (χ0n) is 21.3. The Morgan fingerprint density at radius 3 is 2.75 bits per heavy atom. The minimum absolute atomic E-state index is 0.00788. The largest absolute Gasteiger partial charge is 0.457 e. The van der Waals surface area contributed by atoms with E-state index in [4.69, 9.17) is 9.47 Å². The summed E-state index contributed by atoms with van der Waals surface area (Å²) in [6.45, 7) is 3.64. The molecule has 2 atom stereocenters. The van der Waals surface area contributed by atoms with Crippen molar-refractivity contribution in [3.05, 3.63) is 59.2 Å². The van der Waals surface area contributed by atoms with E-state index in [1.807, 2.05) is 42.2 Å². The maximum absolute atomic E-state index is 13.1. The number of ether oxygens (including phenoxy) is 2. The minimum atomic E-state index is -0.317. The molecule has 0 radical (unpaired) electrons. The first-order valence-electron chi connectivity index (χ1n) is 12.2. The van der Waals surface area contributed by atoms with E-state index in [2.05, 4.69) is 5.32 Å². The molecule has 1 saturated heterocycles. The van der Waals surface area contributed by atoms with Gasteiger partial charge in [0.2, 0.25) is 11.8 Å². The lowest BCUT2D eigenvalue weighted by molar-refractivity contribution is -0.131. The summed E-state index contributed by atoms with van der Waals surface area (Å²) >= 11 is 0. The molecule has 2 heterocycles. The van der Waals surface area contributed by atoms with Crippen LogP contribution in [0.4, 0.5) is 0 Å². The van der Waals surface area contributed by atoms with Crippen molar-refractivity contribution in [2.75, 3.05) is 47.3 Å². The first-order valence-corrected chi connectivity index (χ1v) is 12.2. The Hall–Kier alpha value is -3.43. The van der Waals surface area contributed by atoms with Gasteiger partial charge in [-0.1, -0.05) is 18.2 Å². The third-order valence-electron chi connectivity index (χ3n) is 6.59. The molecule has 2 aliphatic heterocycles. The first-order chi connectivity index (χ1) is 17.2. The second-order valence-electron chi connectivity index (χ2n) is 9.73. The van der Waals surface area contributed by atoms with Gasteiger partial charge in [-0.15, -0.1) is 0 Å². The molecular weight excluding hydrogens is 460 g/mol. The van der Waals surface area contributed by atoms with Gasteiger partial charge in [0.1, 0.15) is 11.5 Å². The number of aryl methyl sites for hydroxylation is 1. The van der Waals surface area contributed by atoms with Crippen LogP contribution in [0.15, 0.2) is 42.5 Å². The molecule has 2 aliphatic rings. The average Bonchev–Trinajstić information content (AvgIpc) is 2.84. The van der Waals surface area contributed by atoms with Crippen LogP contribution in [0.25, 0.3) is 0 Å². The van der Waals surface area contributed by atoms with E-state index >= 15 is 0 Å². The topological polar surface area (TPSA) is 91.4 Å². The fourth-order valence-corrected chi connectivity index (χ4v) is 4.44. The van der Waals surface area contributed by atoms with E-state index in [-0.39, 0.29) is 43.0 Å². The van der Waals surface area contributed by atoms with Gasteiger partial charge in [0, 0.05) is 39.8 Å². The van der Waals surface area contributed by atoms with Crippen LogP contribution in [0.3, 0.4) is 0 Å². The average molecular weight is 495 g/mol. The summed E-state index contributed by atoms with van der Waals surface area (Å²) in [6.07, 6.45) is 0.438. The number of carbonyl (C=O) groups excluding carboxylic acids is 3. The number of piperidine rings is 1. The van der Waals surface area contributed by atoms with E-state index in [9.17, 15) is 14.4 Å². The van der Waals surface area contributed by atoms with Crippen molar-refractivity contribution in [2.45, 2.75) is 32.1 Å². The second kappa shape index (κ2) is 11.1. The summed E-state index contributed by atoms with van der Waals surface area (Å²) in [4.78, 5) is 43.3. The van der Waals surface area contributed by atoms with Crippen molar-refractivity contribution in [2.24, 2.45) is 0 Å². The summed E-state index contributed by atoms with van der Waals surface area (Å²) < 4.78 is 12.4. The van der Waals surface area contributed by atoms with Gasteiger partial charge < -0.3 is 24.6 Å². The van der Waals surface area contributed by atoms with Crippen LogP contribution in [-0.2, 0) is 20.9 Å².